The van der Waals surface area contributed by atoms with Crippen LogP contribution in [0.25, 0.3) is 11.1 Å². The minimum atomic E-state index is -0.217. The number of hydrogen-bond acceptors (Lipinski definition) is 5. The molecular weight excluding hydrogens is 376 g/mol. The molecule has 1 aliphatic heterocycles. The van der Waals surface area contributed by atoms with Crippen LogP contribution in [0.2, 0.25) is 0 Å². The number of rotatable bonds is 4. The number of carbonyl (C=O) groups excluding carboxylic acids is 2. The fourth-order valence-electron chi connectivity index (χ4n) is 3.93. The number of amides is 1. The highest BCUT2D eigenvalue weighted by Gasteiger charge is 2.30. The van der Waals surface area contributed by atoms with Gasteiger partial charge in [0.25, 0.3) is 5.91 Å². The third-order valence-electron chi connectivity index (χ3n) is 5.45. The van der Waals surface area contributed by atoms with E-state index in [0.717, 1.165) is 24.0 Å². The van der Waals surface area contributed by atoms with Gasteiger partial charge in [-0.3, -0.25) is 9.59 Å². The van der Waals surface area contributed by atoms with Crippen LogP contribution >= 0.6 is 0 Å². The van der Waals surface area contributed by atoms with Crippen LogP contribution in [-0.4, -0.2) is 39.6 Å². The summed E-state index contributed by atoms with van der Waals surface area (Å²) in [5.41, 5.74) is 9.48. The van der Waals surface area contributed by atoms with Crippen molar-refractivity contribution in [3.05, 3.63) is 77.6 Å². The van der Waals surface area contributed by atoms with Crippen molar-refractivity contribution in [3.8, 4) is 11.1 Å². The number of likely N-dealkylation sites (tertiary alicyclic amines) is 1. The van der Waals surface area contributed by atoms with Gasteiger partial charge in [-0.1, -0.05) is 54.6 Å². The normalized spacial score (nSPS) is 16.3. The van der Waals surface area contributed by atoms with E-state index in [4.69, 9.17) is 5.73 Å². The Labute approximate surface area is 175 Å². The number of hydrogen-bond donors (Lipinski definition) is 1. The van der Waals surface area contributed by atoms with E-state index in [9.17, 15) is 9.59 Å². The van der Waals surface area contributed by atoms with E-state index >= 15 is 0 Å². The van der Waals surface area contributed by atoms with E-state index in [1.54, 1.807) is 17.9 Å². The zero-order valence-electron chi connectivity index (χ0n) is 16.9. The molecule has 2 N–H and O–H groups in total. The molecular formula is C24H24N4O2. The highest BCUT2D eigenvalue weighted by molar-refractivity contribution is 5.99. The van der Waals surface area contributed by atoms with Crippen LogP contribution in [0.5, 0.6) is 0 Å². The quantitative estimate of drug-likeness (QED) is 0.674. The smallest absolute Gasteiger partial charge is 0.272 e. The van der Waals surface area contributed by atoms with E-state index in [1.807, 2.05) is 54.6 Å². The number of piperidine rings is 1. The lowest BCUT2D eigenvalue weighted by Gasteiger charge is -2.32. The van der Waals surface area contributed by atoms with E-state index in [-0.39, 0.29) is 29.3 Å². The molecule has 1 amide bonds. The predicted molar refractivity (Wildman–Crippen MR) is 116 cm³/mol. The molecule has 0 bridgehead atoms. The predicted octanol–water partition coefficient (Wildman–Crippen LogP) is 3.77. The second-order valence-electron chi connectivity index (χ2n) is 7.65. The molecule has 0 saturated carbocycles. The van der Waals surface area contributed by atoms with Crippen molar-refractivity contribution in [2.24, 2.45) is 5.92 Å². The summed E-state index contributed by atoms with van der Waals surface area (Å²) in [7, 11) is 0. The third kappa shape index (κ3) is 4.22. The van der Waals surface area contributed by atoms with Crippen LogP contribution in [0.1, 0.15) is 39.4 Å². The van der Waals surface area contributed by atoms with Gasteiger partial charge in [0.2, 0.25) is 5.95 Å². The molecule has 1 saturated heterocycles. The molecule has 4 rings (SSSR count). The fourth-order valence-corrected chi connectivity index (χ4v) is 3.93. The van der Waals surface area contributed by atoms with Crippen LogP contribution in [0.15, 0.2) is 60.7 Å². The molecule has 1 fully saturated rings. The molecule has 6 nitrogen and oxygen atoms in total. The summed E-state index contributed by atoms with van der Waals surface area (Å²) in [5.74, 6) is -0.262. The first-order valence-electron chi connectivity index (χ1n) is 10.1. The van der Waals surface area contributed by atoms with Gasteiger partial charge in [-0.25, -0.2) is 9.97 Å². The summed E-state index contributed by atoms with van der Waals surface area (Å²) in [6, 6.07) is 19.4. The average molecular weight is 400 g/mol. The molecule has 1 aromatic heterocycles. The summed E-state index contributed by atoms with van der Waals surface area (Å²) in [5, 5.41) is 0. The number of aromatic nitrogens is 2. The van der Waals surface area contributed by atoms with Gasteiger partial charge in [-0.05, 0) is 37.0 Å². The number of ketones is 1. The highest BCUT2D eigenvalue weighted by Crippen LogP contribution is 2.25. The lowest BCUT2D eigenvalue weighted by atomic mass is 9.89. The van der Waals surface area contributed by atoms with Crippen LogP contribution < -0.4 is 5.73 Å². The zero-order chi connectivity index (χ0) is 21.1. The standard InChI is InChI=1S/C24H24N4O2/c1-16-14-21(27-24(25)26-16)23(30)28-13-5-8-20(15-28)22(29)19-11-9-18(10-12-19)17-6-3-2-4-7-17/h2-4,6-7,9-12,14,20H,5,8,13,15H2,1H3,(H2,25,26,27)/t20-/m1/s1. The molecule has 3 aromatic rings. The number of Topliss-reactive ketones (excluding diaryl/α,β-unsaturated/α-hetero) is 1. The van der Waals surface area contributed by atoms with Gasteiger partial charge in [-0.2, -0.15) is 0 Å². The largest absolute Gasteiger partial charge is 0.368 e. The van der Waals surface area contributed by atoms with Crippen LogP contribution in [-0.2, 0) is 0 Å². The molecule has 6 heteroatoms. The molecule has 2 heterocycles. The first-order valence-corrected chi connectivity index (χ1v) is 10.1. The maximum absolute atomic E-state index is 13.1. The number of nitrogens with zero attached hydrogens (tertiary/aromatic N) is 3. The molecule has 152 valence electrons. The Morgan fingerprint density at radius 2 is 1.70 bits per heavy atom. The lowest BCUT2D eigenvalue weighted by Crippen LogP contribution is -2.42. The van der Waals surface area contributed by atoms with E-state index in [0.29, 0.717) is 24.3 Å². The maximum atomic E-state index is 13.1. The molecule has 0 unspecified atom stereocenters. The first kappa shape index (κ1) is 19.8. The van der Waals surface area contributed by atoms with Gasteiger partial charge >= 0.3 is 0 Å². The highest BCUT2D eigenvalue weighted by atomic mass is 16.2. The second-order valence-corrected chi connectivity index (χ2v) is 7.65. The van der Waals surface area contributed by atoms with Crippen LogP contribution in [0, 0.1) is 12.8 Å². The number of benzene rings is 2. The minimum absolute atomic E-state index is 0.0745. The maximum Gasteiger partial charge on any atom is 0.272 e. The zero-order valence-corrected chi connectivity index (χ0v) is 16.9. The third-order valence-corrected chi connectivity index (χ3v) is 5.45. The van der Waals surface area contributed by atoms with Gasteiger partial charge in [0.05, 0.1) is 0 Å². The topological polar surface area (TPSA) is 89.2 Å². The average Bonchev–Trinajstić information content (AvgIpc) is 2.78. The lowest BCUT2D eigenvalue weighted by molar-refractivity contribution is 0.0632. The van der Waals surface area contributed by atoms with Gasteiger partial charge in [0.15, 0.2) is 5.78 Å². The summed E-state index contributed by atoms with van der Waals surface area (Å²) < 4.78 is 0. The first-order chi connectivity index (χ1) is 14.5. The summed E-state index contributed by atoms with van der Waals surface area (Å²) in [6.45, 7) is 2.77. The van der Waals surface area contributed by atoms with Crippen molar-refractivity contribution >= 4 is 17.6 Å². The Kier molecular flexibility index (Phi) is 5.57. The van der Waals surface area contributed by atoms with Crippen molar-refractivity contribution < 1.29 is 9.59 Å². The molecule has 0 spiro atoms. The van der Waals surface area contributed by atoms with Crippen molar-refractivity contribution in [1.29, 1.82) is 0 Å². The van der Waals surface area contributed by atoms with Crippen LogP contribution in [0.4, 0.5) is 5.95 Å². The minimum Gasteiger partial charge on any atom is -0.368 e. The number of carbonyl (C=O) groups is 2. The monoisotopic (exact) mass is 400 g/mol. The van der Waals surface area contributed by atoms with Gasteiger partial charge in [0.1, 0.15) is 5.69 Å². The number of aryl methyl sites for hydroxylation is 1. The van der Waals surface area contributed by atoms with Gasteiger partial charge in [-0.15, -0.1) is 0 Å². The molecule has 1 aliphatic rings. The van der Waals surface area contributed by atoms with E-state index < -0.39 is 0 Å². The molecule has 30 heavy (non-hydrogen) atoms. The number of anilines is 1. The number of nitrogens with two attached hydrogens (primary N) is 1. The van der Waals surface area contributed by atoms with Crippen molar-refractivity contribution in [2.45, 2.75) is 19.8 Å². The molecule has 2 aromatic carbocycles. The fraction of sp³-hybridized carbons (Fsp3) is 0.250. The Morgan fingerprint density at radius 1 is 1.00 bits per heavy atom. The molecule has 1 atom stereocenters. The number of nitrogen functional groups attached to an aromatic ring is 1. The van der Waals surface area contributed by atoms with Gasteiger partial charge in [0, 0.05) is 30.3 Å². The van der Waals surface area contributed by atoms with Crippen molar-refractivity contribution in [1.82, 2.24) is 14.9 Å². The Bertz CT molecular complexity index is 1040. The SMILES string of the molecule is Cc1cc(C(=O)N2CCC[C@@H](C(=O)c3ccc(-c4ccccc4)cc3)C2)nc(N)n1. The summed E-state index contributed by atoms with van der Waals surface area (Å²) in [4.78, 5) is 35.7. The van der Waals surface area contributed by atoms with E-state index in [2.05, 4.69) is 9.97 Å². The van der Waals surface area contributed by atoms with Crippen LogP contribution in [0.3, 0.4) is 0 Å². The van der Waals surface area contributed by atoms with Crippen molar-refractivity contribution in [3.63, 3.8) is 0 Å². The Hall–Kier alpha value is -3.54. The Balaban J connectivity index is 1.47. The van der Waals surface area contributed by atoms with Crippen molar-refractivity contribution in [2.75, 3.05) is 18.8 Å². The molecule has 0 radical (unpaired) electrons. The Morgan fingerprint density at radius 3 is 2.40 bits per heavy atom. The van der Waals surface area contributed by atoms with E-state index in [1.165, 1.54) is 0 Å². The molecule has 0 aliphatic carbocycles. The summed E-state index contributed by atoms with van der Waals surface area (Å²) in [6.07, 6.45) is 1.55. The van der Waals surface area contributed by atoms with Gasteiger partial charge < -0.3 is 10.6 Å². The summed E-state index contributed by atoms with van der Waals surface area (Å²) >= 11 is 0. The second kappa shape index (κ2) is 8.45.